The number of nitrogens with one attached hydrogen (secondary N) is 3. The van der Waals surface area contributed by atoms with Crippen molar-refractivity contribution in [3.8, 4) is 5.75 Å². The Hall–Kier alpha value is -3.28. The van der Waals surface area contributed by atoms with E-state index < -0.39 is 0 Å². The number of carbonyl (C=O) groups is 2. The summed E-state index contributed by atoms with van der Waals surface area (Å²) in [5.74, 6) is 0.431. The van der Waals surface area contributed by atoms with Crippen molar-refractivity contribution < 1.29 is 14.3 Å². The van der Waals surface area contributed by atoms with Crippen molar-refractivity contribution in [3.63, 3.8) is 0 Å². The van der Waals surface area contributed by atoms with Crippen LogP contribution in [0.2, 0.25) is 0 Å². The molecule has 0 fully saturated rings. The van der Waals surface area contributed by atoms with E-state index in [0.29, 0.717) is 24.5 Å². The molecule has 0 radical (unpaired) electrons. The third-order valence-electron chi connectivity index (χ3n) is 3.85. The van der Waals surface area contributed by atoms with Gasteiger partial charge in [-0.2, -0.15) is 0 Å². The van der Waals surface area contributed by atoms with Crippen molar-refractivity contribution >= 4 is 28.9 Å². The SMILES string of the molecule is C=CCOc1cccc(NC(=O)CNc2cccc(NC(=O)CC)c2C)c1. The van der Waals surface area contributed by atoms with Gasteiger partial charge in [-0.15, -0.1) is 0 Å². The summed E-state index contributed by atoms with van der Waals surface area (Å²) in [5.41, 5.74) is 3.07. The van der Waals surface area contributed by atoms with E-state index in [2.05, 4.69) is 22.5 Å². The molecule has 2 aromatic carbocycles. The first-order valence-corrected chi connectivity index (χ1v) is 8.80. The summed E-state index contributed by atoms with van der Waals surface area (Å²) in [5, 5.41) is 8.78. The lowest BCUT2D eigenvalue weighted by Crippen LogP contribution is -2.22. The highest BCUT2D eigenvalue weighted by Crippen LogP contribution is 2.23. The molecule has 2 amide bonds. The number of anilines is 3. The fraction of sp³-hybridized carbons (Fsp3) is 0.238. The third-order valence-corrected chi connectivity index (χ3v) is 3.85. The van der Waals surface area contributed by atoms with Gasteiger partial charge in [-0.25, -0.2) is 0 Å². The molecule has 0 aromatic heterocycles. The second-order valence-corrected chi connectivity index (χ2v) is 5.91. The maximum atomic E-state index is 12.2. The Morgan fingerprint density at radius 2 is 1.81 bits per heavy atom. The average molecular weight is 367 g/mol. The molecule has 0 aliphatic carbocycles. The molecule has 0 saturated heterocycles. The minimum Gasteiger partial charge on any atom is -0.489 e. The highest BCUT2D eigenvalue weighted by Gasteiger charge is 2.08. The number of benzene rings is 2. The van der Waals surface area contributed by atoms with E-state index in [1.54, 1.807) is 25.1 Å². The van der Waals surface area contributed by atoms with Crippen molar-refractivity contribution in [2.45, 2.75) is 20.3 Å². The Kier molecular flexibility index (Phi) is 7.43. The highest BCUT2D eigenvalue weighted by atomic mass is 16.5. The predicted molar refractivity (Wildman–Crippen MR) is 109 cm³/mol. The summed E-state index contributed by atoms with van der Waals surface area (Å²) in [6.45, 7) is 7.81. The van der Waals surface area contributed by atoms with E-state index in [-0.39, 0.29) is 18.4 Å². The Labute approximate surface area is 159 Å². The van der Waals surface area contributed by atoms with Crippen LogP contribution in [0.5, 0.6) is 5.75 Å². The number of ether oxygens (including phenoxy) is 1. The molecule has 0 aliphatic heterocycles. The van der Waals surface area contributed by atoms with Gasteiger partial charge in [0.15, 0.2) is 0 Å². The number of rotatable bonds is 9. The molecule has 0 saturated carbocycles. The molecule has 0 heterocycles. The standard InChI is InChI=1S/C21H25N3O3/c1-4-12-27-17-9-6-8-16(13-17)23-21(26)14-22-18-10-7-11-19(15(18)3)24-20(25)5-2/h4,6-11,13,22H,1,5,12,14H2,2-3H3,(H,23,26)(H,24,25). The molecule has 3 N–H and O–H groups in total. The largest absolute Gasteiger partial charge is 0.489 e. The first-order valence-electron chi connectivity index (χ1n) is 8.80. The van der Waals surface area contributed by atoms with Gasteiger partial charge in [0.2, 0.25) is 11.8 Å². The van der Waals surface area contributed by atoms with Crippen LogP contribution >= 0.6 is 0 Å². The lowest BCUT2D eigenvalue weighted by Gasteiger charge is -2.14. The fourth-order valence-corrected chi connectivity index (χ4v) is 2.40. The van der Waals surface area contributed by atoms with E-state index in [0.717, 1.165) is 16.9 Å². The quantitative estimate of drug-likeness (QED) is 0.586. The van der Waals surface area contributed by atoms with Gasteiger partial charge >= 0.3 is 0 Å². The summed E-state index contributed by atoms with van der Waals surface area (Å²) < 4.78 is 5.46. The summed E-state index contributed by atoms with van der Waals surface area (Å²) in [6.07, 6.45) is 2.07. The van der Waals surface area contributed by atoms with E-state index in [4.69, 9.17) is 4.74 Å². The summed E-state index contributed by atoms with van der Waals surface area (Å²) in [7, 11) is 0. The van der Waals surface area contributed by atoms with Crippen LogP contribution in [0, 0.1) is 6.92 Å². The van der Waals surface area contributed by atoms with E-state index in [9.17, 15) is 9.59 Å². The second kappa shape index (κ2) is 10.0. The van der Waals surface area contributed by atoms with Crippen molar-refractivity contribution in [1.82, 2.24) is 0 Å². The Morgan fingerprint density at radius 3 is 2.56 bits per heavy atom. The lowest BCUT2D eigenvalue weighted by atomic mass is 10.1. The Bertz CT molecular complexity index is 818. The number of amides is 2. The number of carbonyl (C=O) groups excluding carboxylic acids is 2. The van der Waals surface area contributed by atoms with Gasteiger partial charge in [0.25, 0.3) is 0 Å². The molecule has 0 atom stereocenters. The van der Waals surface area contributed by atoms with Crippen LogP contribution in [0.3, 0.4) is 0 Å². The van der Waals surface area contributed by atoms with Crippen LogP contribution in [0.1, 0.15) is 18.9 Å². The molecule has 6 heteroatoms. The zero-order valence-electron chi connectivity index (χ0n) is 15.7. The minimum absolute atomic E-state index is 0.0495. The molecular formula is C21H25N3O3. The van der Waals surface area contributed by atoms with Crippen molar-refractivity contribution in [3.05, 3.63) is 60.7 Å². The minimum atomic E-state index is -0.182. The molecule has 0 aliphatic rings. The summed E-state index contributed by atoms with van der Waals surface area (Å²) in [4.78, 5) is 23.8. The smallest absolute Gasteiger partial charge is 0.243 e. The van der Waals surface area contributed by atoms with Gasteiger partial charge in [0.05, 0.1) is 6.54 Å². The highest BCUT2D eigenvalue weighted by molar-refractivity contribution is 5.95. The van der Waals surface area contributed by atoms with Gasteiger partial charge < -0.3 is 20.7 Å². The van der Waals surface area contributed by atoms with Gasteiger partial charge in [0.1, 0.15) is 12.4 Å². The van der Waals surface area contributed by atoms with Gasteiger partial charge in [-0.3, -0.25) is 9.59 Å². The predicted octanol–water partition coefficient (Wildman–Crippen LogP) is 3.96. The molecule has 6 nitrogen and oxygen atoms in total. The maximum Gasteiger partial charge on any atom is 0.243 e. The van der Waals surface area contributed by atoms with E-state index >= 15 is 0 Å². The van der Waals surface area contributed by atoms with Gasteiger partial charge in [0, 0.05) is 29.5 Å². The van der Waals surface area contributed by atoms with Crippen molar-refractivity contribution in [2.24, 2.45) is 0 Å². The van der Waals surface area contributed by atoms with Crippen LogP contribution in [0.4, 0.5) is 17.1 Å². The Balaban J connectivity index is 1.95. The molecule has 142 valence electrons. The van der Waals surface area contributed by atoms with Crippen LogP contribution in [0.25, 0.3) is 0 Å². The first kappa shape index (κ1) is 20.0. The normalized spacial score (nSPS) is 10.0. The summed E-state index contributed by atoms with van der Waals surface area (Å²) in [6, 6.07) is 12.7. The van der Waals surface area contributed by atoms with Gasteiger partial charge in [-0.05, 0) is 36.8 Å². The summed E-state index contributed by atoms with van der Waals surface area (Å²) >= 11 is 0. The molecular weight excluding hydrogens is 342 g/mol. The number of hydrogen-bond donors (Lipinski definition) is 3. The molecule has 0 bridgehead atoms. The molecule has 0 spiro atoms. The van der Waals surface area contributed by atoms with Crippen molar-refractivity contribution in [2.75, 3.05) is 29.1 Å². The van der Waals surface area contributed by atoms with Crippen LogP contribution < -0.4 is 20.7 Å². The van der Waals surface area contributed by atoms with Crippen LogP contribution in [0.15, 0.2) is 55.1 Å². The van der Waals surface area contributed by atoms with Crippen LogP contribution in [-0.2, 0) is 9.59 Å². The lowest BCUT2D eigenvalue weighted by molar-refractivity contribution is -0.116. The monoisotopic (exact) mass is 367 g/mol. The zero-order valence-corrected chi connectivity index (χ0v) is 15.7. The molecule has 2 rings (SSSR count). The van der Waals surface area contributed by atoms with Crippen LogP contribution in [-0.4, -0.2) is 25.0 Å². The molecule has 27 heavy (non-hydrogen) atoms. The average Bonchev–Trinajstić information content (AvgIpc) is 2.67. The fourth-order valence-electron chi connectivity index (χ4n) is 2.40. The van der Waals surface area contributed by atoms with E-state index in [1.807, 2.05) is 37.3 Å². The topological polar surface area (TPSA) is 79.5 Å². The third kappa shape index (κ3) is 6.18. The first-order chi connectivity index (χ1) is 13.0. The maximum absolute atomic E-state index is 12.2. The Morgan fingerprint density at radius 1 is 1.07 bits per heavy atom. The zero-order chi connectivity index (χ0) is 19.6. The second-order valence-electron chi connectivity index (χ2n) is 5.91. The molecule has 2 aromatic rings. The van der Waals surface area contributed by atoms with Gasteiger partial charge in [-0.1, -0.05) is 31.7 Å². The van der Waals surface area contributed by atoms with Crippen molar-refractivity contribution in [1.29, 1.82) is 0 Å². The van der Waals surface area contributed by atoms with E-state index in [1.165, 1.54) is 0 Å². The number of hydrogen-bond acceptors (Lipinski definition) is 4. The molecule has 0 unspecified atom stereocenters.